The maximum atomic E-state index is 12.3. The van der Waals surface area contributed by atoms with E-state index in [2.05, 4.69) is 6.92 Å². The number of carboxylic acid groups (broad SMARTS) is 1. The molecule has 2 fully saturated rings. The van der Waals surface area contributed by atoms with E-state index in [1.165, 1.54) is 4.90 Å². The molecule has 1 amide bonds. The van der Waals surface area contributed by atoms with Crippen LogP contribution >= 0.6 is 0 Å². The lowest BCUT2D eigenvalue weighted by Gasteiger charge is -2.30. The highest BCUT2D eigenvalue weighted by Crippen LogP contribution is 2.31. The first-order valence-electron chi connectivity index (χ1n) is 6.70. The molecular formula is C13H21NO4. The first-order valence-corrected chi connectivity index (χ1v) is 6.70. The van der Waals surface area contributed by atoms with Crippen LogP contribution < -0.4 is 0 Å². The molecule has 0 aromatic rings. The molecule has 1 aliphatic heterocycles. The second-order valence-electron chi connectivity index (χ2n) is 5.69. The number of hydrogen-bond acceptors (Lipinski definition) is 3. The fourth-order valence-corrected chi connectivity index (χ4v) is 3.03. The Morgan fingerprint density at radius 1 is 1.17 bits per heavy atom. The van der Waals surface area contributed by atoms with Gasteiger partial charge in [0.15, 0.2) is 0 Å². The van der Waals surface area contributed by atoms with Crippen LogP contribution in [0.1, 0.15) is 39.0 Å². The van der Waals surface area contributed by atoms with Crippen LogP contribution in [0.3, 0.4) is 0 Å². The molecule has 0 bridgehead atoms. The van der Waals surface area contributed by atoms with Crippen LogP contribution in [0.5, 0.6) is 0 Å². The molecular weight excluding hydrogens is 234 g/mol. The molecule has 0 aromatic carbocycles. The largest absolute Gasteiger partial charge is 0.480 e. The molecule has 1 aliphatic carbocycles. The standard InChI is InChI=1S/C13H21NO4/c1-8-2-4-9(5-3-8)12(16)14-7-10(15)6-11(14)13(17)18/h8-11,15H,2-7H2,1H3,(H,17,18). The number of aliphatic hydroxyl groups is 1. The summed E-state index contributed by atoms with van der Waals surface area (Å²) in [5.41, 5.74) is 0. The molecule has 2 aliphatic rings. The van der Waals surface area contributed by atoms with Crippen LogP contribution in [-0.2, 0) is 9.59 Å². The van der Waals surface area contributed by atoms with Gasteiger partial charge in [0, 0.05) is 18.9 Å². The van der Waals surface area contributed by atoms with Crippen LogP contribution in [0.25, 0.3) is 0 Å². The normalized spacial score (nSPS) is 36.7. The van der Waals surface area contributed by atoms with Gasteiger partial charge in [-0.15, -0.1) is 0 Å². The third kappa shape index (κ3) is 2.66. The highest BCUT2D eigenvalue weighted by molar-refractivity contribution is 5.85. The predicted molar refractivity (Wildman–Crippen MR) is 64.9 cm³/mol. The molecule has 102 valence electrons. The van der Waals surface area contributed by atoms with E-state index in [0.717, 1.165) is 25.7 Å². The van der Waals surface area contributed by atoms with Gasteiger partial charge in [0.1, 0.15) is 6.04 Å². The maximum Gasteiger partial charge on any atom is 0.326 e. The van der Waals surface area contributed by atoms with E-state index in [0.29, 0.717) is 5.92 Å². The minimum Gasteiger partial charge on any atom is -0.480 e. The van der Waals surface area contributed by atoms with Gasteiger partial charge in [-0.2, -0.15) is 0 Å². The van der Waals surface area contributed by atoms with Crippen LogP contribution in [0.4, 0.5) is 0 Å². The Bertz CT molecular complexity index is 336. The zero-order chi connectivity index (χ0) is 13.3. The number of likely N-dealkylation sites (tertiary alicyclic amines) is 1. The number of amides is 1. The summed E-state index contributed by atoms with van der Waals surface area (Å²) in [5.74, 6) is -0.475. The lowest BCUT2D eigenvalue weighted by molar-refractivity contribution is -0.150. The van der Waals surface area contributed by atoms with Gasteiger partial charge in [-0.1, -0.05) is 6.92 Å². The Morgan fingerprint density at radius 3 is 2.33 bits per heavy atom. The highest BCUT2D eigenvalue weighted by Gasteiger charge is 2.41. The number of aliphatic hydroxyl groups excluding tert-OH is 1. The molecule has 1 heterocycles. The first kappa shape index (κ1) is 13.3. The van der Waals surface area contributed by atoms with E-state index < -0.39 is 18.1 Å². The molecule has 1 saturated carbocycles. The second kappa shape index (κ2) is 5.26. The number of hydrogen-bond donors (Lipinski definition) is 2. The number of nitrogens with zero attached hydrogens (tertiary/aromatic N) is 1. The zero-order valence-corrected chi connectivity index (χ0v) is 10.7. The summed E-state index contributed by atoms with van der Waals surface area (Å²) >= 11 is 0. The molecule has 0 spiro atoms. The average Bonchev–Trinajstić information content (AvgIpc) is 2.71. The summed E-state index contributed by atoms with van der Waals surface area (Å²) in [6.45, 7) is 2.35. The van der Waals surface area contributed by atoms with Crippen LogP contribution in [-0.4, -0.2) is 45.7 Å². The SMILES string of the molecule is CC1CCC(C(=O)N2CC(O)CC2C(=O)O)CC1. The van der Waals surface area contributed by atoms with Gasteiger partial charge in [-0.25, -0.2) is 4.79 Å². The maximum absolute atomic E-state index is 12.3. The monoisotopic (exact) mass is 255 g/mol. The van der Waals surface area contributed by atoms with Crippen LogP contribution in [0.2, 0.25) is 0 Å². The lowest BCUT2D eigenvalue weighted by atomic mass is 9.82. The zero-order valence-electron chi connectivity index (χ0n) is 10.7. The molecule has 5 heteroatoms. The van der Waals surface area contributed by atoms with Gasteiger partial charge in [-0.05, 0) is 31.6 Å². The molecule has 0 aromatic heterocycles. The molecule has 5 nitrogen and oxygen atoms in total. The van der Waals surface area contributed by atoms with E-state index in [1.54, 1.807) is 0 Å². The van der Waals surface area contributed by atoms with Crippen molar-refractivity contribution in [2.45, 2.75) is 51.2 Å². The van der Waals surface area contributed by atoms with Crippen molar-refractivity contribution in [1.82, 2.24) is 4.90 Å². The van der Waals surface area contributed by atoms with E-state index in [4.69, 9.17) is 5.11 Å². The number of β-amino-alcohol motifs (C(OH)–C–C–N with tert-alkyl or cyclic N) is 1. The van der Waals surface area contributed by atoms with Crippen molar-refractivity contribution < 1.29 is 19.8 Å². The second-order valence-corrected chi connectivity index (χ2v) is 5.69. The number of carbonyl (C=O) groups is 2. The Hall–Kier alpha value is -1.10. The Morgan fingerprint density at radius 2 is 1.78 bits per heavy atom. The number of aliphatic carboxylic acids is 1. The minimum absolute atomic E-state index is 0.0478. The number of rotatable bonds is 2. The van der Waals surface area contributed by atoms with Crippen LogP contribution in [0.15, 0.2) is 0 Å². The van der Waals surface area contributed by atoms with Gasteiger partial charge in [0.25, 0.3) is 0 Å². The van der Waals surface area contributed by atoms with Crippen molar-refractivity contribution in [1.29, 1.82) is 0 Å². The van der Waals surface area contributed by atoms with Crippen molar-refractivity contribution in [3.63, 3.8) is 0 Å². The summed E-state index contributed by atoms with van der Waals surface area (Å²) in [4.78, 5) is 24.8. The van der Waals surface area contributed by atoms with Crippen LogP contribution in [0, 0.1) is 11.8 Å². The quantitative estimate of drug-likeness (QED) is 0.767. The summed E-state index contributed by atoms with van der Waals surface area (Å²) in [7, 11) is 0. The van der Waals surface area contributed by atoms with Gasteiger partial charge >= 0.3 is 5.97 Å². The molecule has 2 atom stereocenters. The number of carbonyl (C=O) groups excluding carboxylic acids is 1. The topological polar surface area (TPSA) is 77.8 Å². The molecule has 0 radical (unpaired) electrons. The summed E-state index contributed by atoms with van der Waals surface area (Å²) in [5, 5.41) is 18.6. The fraction of sp³-hybridized carbons (Fsp3) is 0.846. The van der Waals surface area contributed by atoms with Gasteiger partial charge in [0.2, 0.25) is 5.91 Å². The Balaban J connectivity index is 2.01. The van der Waals surface area contributed by atoms with Crippen molar-refractivity contribution in [2.75, 3.05) is 6.54 Å². The third-order valence-corrected chi connectivity index (χ3v) is 4.21. The lowest BCUT2D eigenvalue weighted by Crippen LogP contribution is -2.44. The molecule has 2 unspecified atom stereocenters. The summed E-state index contributed by atoms with van der Waals surface area (Å²) in [6.07, 6.45) is 3.22. The van der Waals surface area contributed by atoms with Crippen molar-refractivity contribution >= 4 is 11.9 Å². The van der Waals surface area contributed by atoms with Gasteiger partial charge < -0.3 is 15.1 Å². The van der Waals surface area contributed by atoms with E-state index in [9.17, 15) is 14.7 Å². The Labute approximate surface area is 107 Å². The highest BCUT2D eigenvalue weighted by atomic mass is 16.4. The predicted octanol–water partition coefficient (Wildman–Crippen LogP) is 0.859. The minimum atomic E-state index is -1.01. The van der Waals surface area contributed by atoms with E-state index in [1.807, 2.05) is 0 Å². The molecule has 2 rings (SSSR count). The van der Waals surface area contributed by atoms with Crippen molar-refractivity contribution in [2.24, 2.45) is 11.8 Å². The summed E-state index contributed by atoms with van der Waals surface area (Å²) < 4.78 is 0. The average molecular weight is 255 g/mol. The van der Waals surface area contributed by atoms with E-state index in [-0.39, 0.29) is 24.8 Å². The third-order valence-electron chi connectivity index (χ3n) is 4.21. The summed E-state index contributed by atoms with van der Waals surface area (Å²) in [6, 6.07) is -0.841. The molecule has 1 saturated heterocycles. The van der Waals surface area contributed by atoms with Crippen molar-refractivity contribution in [3.8, 4) is 0 Å². The van der Waals surface area contributed by atoms with Gasteiger partial charge in [-0.3, -0.25) is 4.79 Å². The fourth-order valence-electron chi connectivity index (χ4n) is 3.03. The smallest absolute Gasteiger partial charge is 0.326 e. The first-order chi connectivity index (χ1) is 8.49. The Kier molecular flexibility index (Phi) is 3.90. The van der Waals surface area contributed by atoms with E-state index >= 15 is 0 Å². The molecule has 18 heavy (non-hydrogen) atoms. The van der Waals surface area contributed by atoms with Crippen molar-refractivity contribution in [3.05, 3.63) is 0 Å². The molecule has 2 N–H and O–H groups in total. The van der Waals surface area contributed by atoms with Gasteiger partial charge in [0.05, 0.1) is 6.10 Å². The number of carboxylic acids is 1.